The first-order chi connectivity index (χ1) is 6.69. The van der Waals surface area contributed by atoms with E-state index in [1.54, 1.807) is 0 Å². The molecule has 1 aliphatic rings. The molecular formula is C11H25N3. The molecule has 0 saturated carbocycles. The Labute approximate surface area is 88.2 Å². The Kier molecular flexibility index (Phi) is 4.85. The fourth-order valence-corrected chi connectivity index (χ4v) is 2.35. The second-order valence-corrected chi connectivity index (χ2v) is 4.51. The maximum Gasteiger partial charge on any atom is 0.0235 e. The first kappa shape index (κ1) is 12.0. The van der Waals surface area contributed by atoms with Crippen LogP contribution < -0.4 is 5.73 Å². The van der Waals surface area contributed by atoms with Crippen LogP contribution in [-0.2, 0) is 0 Å². The standard InChI is InChI=1S/C11H25N3/c1-4-7-14-8-10(2)13(3)11(9-14)5-6-12/h10-11H,4-9,12H2,1-3H3. The summed E-state index contributed by atoms with van der Waals surface area (Å²) >= 11 is 0. The molecule has 1 rings (SSSR count). The molecule has 14 heavy (non-hydrogen) atoms. The van der Waals surface area contributed by atoms with E-state index >= 15 is 0 Å². The van der Waals surface area contributed by atoms with Crippen molar-refractivity contribution < 1.29 is 0 Å². The minimum absolute atomic E-state index is 0.662. The van der Waals surface area contributed by atoms with Crippen molar-refractivity contribution in [3.05, 3.63) is 0 Å². The molecule has 1 saturated heterocycles. The zero-order chi connectivity index (χ0) is 10.6. The normalized spacial score (nSPS) is 30.9. The summed E-state index contributed by atoms with van der Waals surface area (Å²) in [5, 5.41) is 0. The molecule has 1 aliphatic heterocycles. The zero-order valence-electron chi connectivity index (χ0n) is 9.87. The van der Waals surface area contributed by atoms with Gasteiger partial charge in [0.25, 0.3) is 0 Å². The van der Waals surface area contributed by atoms with E-state index in [0.29, 0.717) is 12.1 Å². The molecule has 2 atom stereocenters. The quantitative estimate of drug-likeness (QED) is 0.725. The lowest BCUT2D eigenvalue weighted by molar-refractivity contribution is 0.0487. The van der Waals surface area contributed by atoms with Gasteiger partial charge in [-0.1, -0.05) is 6.92 Å². The van der Waals surface area contributed by atoms with Crippen LogP contribution in [0.15, 0.2) is 0 Å². The minimum atomic E-state index is 0.662. The molecule has 0 aliphatic carbocycles. The number of hydrogen-bond donors (Lipinski definition) is 1. The Morgan fingerprint density at radius 3 is 2.64 bits per heavy atom. The lowest BCUT2D eigenvalue weighted by Crippen LogP contribution is -2.56. The molecule has 0 spiro atoms. The van der Waals surface area contributed by atoms with Gasteiger partial charge in [0.1, 0.15) is 0 Å². The molecule has 1 fully saturated rings. The van der Waals surface area contributed by atoms with E-state index in [0.717, 1.165) is 13.0 Å². The van der Waals surface area contributed by atoms with Gasteiger partial charge in [-0.15, -0.1) is 0 Å². The van der Waals surface area contributed by atoms with Crippen LogP contribution in [-0.4, -0.2) is 55.1 Å². The van der Waals surface area contributed by atoms with Crippen LogP contribution in [0.25, 0.3) is 0 Å². The molecule has 1 heterocycles. The zero-order valence-corrected chi connectivity index (χ0v) is 9.87. The monoisotopic (exact) mass is 199 g/mol. The van der Waals surface area contributed by atoms with E-state index in [-0.39, 0.29) is 0 Å². The van der Waals surface area contributed by atoms with Gasteiger partial charge in [-0.3, -0.25) is 4.90 Å². The van der Waals surface area contributed by atoms with Gasteiger partial charge < -0.3 is 10.6 Å². The molecule has 0 aromatic rings. The van der Waals surface area contributed by atoms with Gasteiger partial charge in [0, 0.05) is 25.2 Å². The van der Waals surface area contributed by atoms with Crippen LogP contribution in [0.4, 0.5) is 0 Å². The molecule has 2 N–H and O–H groups in total. The van der Waals surface area contributed by atoms with Crippen molar-refractivity contribution in [1.82, 2.24) is 9.80 Å². The Balaban J connectivity index is 2.47. The molecule has 3 nitrogen and oxygen atoms in total. The first-order valence-electron chi connectivity index (χ1n) is 5.83. The van der Waals surface area contributed by atoms with E-state index < -0.39 is 0 Å². The van der Waals surface area contributed by atoms with Crippen molar-refractivity contribution in [3.63, 3.8) is 0 Å². The van der Waals surface area contributed by atoms with Crippen molar-refractivity contribution in [1.29, 1.82) is 0 Å². The number of rotatable bonds is 4. The van der Waals surface area contributed by atoms with Crippen molar-refractivity contribution in [3.8, 4) is 0 Å². The Bertz CT molecular complexity index is 161. The molecule has 84 valence electrons. The summed E-state index contributed by atoms with van der Waals surface area (Å²) in [6.07, 6.45) is 2.38. The van der Waals surface area contributed by atoms with Crippen LogP contribution in [0.3, 0.4) is 0 Å². The highest BCUT2D eigenvalue weighted by molar-refractivity contribution is 4.85. The van der Waals surface area contributed by atoms with E-state index in [2.05, 4.69) is 30.7 Å². The van der Waals surface area contributed by atoms with E-state index in [4.69, 9.17) is 5.73 Å². The van der Waals surface area contributed by atoms with Crippen molar-refractivity contribution in [2.45, 2.75) is 38.8 Å². The Morgan fingerprint density at radius 1 is 1.36 bits per heavy atom. The number of likely N-dealkylation sites (N-methyl/N-ethyl adjacent to an activating group) is 1. The van der Waals surface area contributed by atoms with Crippen LogP contribution >= 0.6 is 0 Å². The van der Waals surface area contributed by atoms with Gasteiger partial charge in [0.15, 0.2) is 0 Å². The van der Waals surface area contributed by atoms with E-state index in [9.17, 15) is 0 Å². The van der Waals surface area contributed by atoms with Crippen LogP contribution in [0.2, 0.25) is 0 Å². The first-order valence-corrected chi connectivity index (χ1v) is 5.83. The van der Waals surface area contributed by atoms with Crippen molar-refractivity contribution in [2.75, 3.05) is 33.2 Å². The molecule has 0 aromatic heterocycles. The Hall–Kier alpha value is -0.120. The van der Waals surface area contributed by atoms with Crippen molar-refractivity contribution in [2.24, 2.45) is 5.73 Å². The molecule has 0 bridgehead atoms. The summed E-state index contributed by atoms with van der Waals surface area (Å²) in [5.41, 5.74) is 5.64. The number of nitrogens with zero attached hydrogens (tertiary/aromatic N) is 2. The van der Waals surface area contributed by atoms with Crippen LogP contribution in [0, 0.1) is 0 Å². The number of nitrogens with two attached hydrogens (primary N) is 1. The van der Waals surface area contributed by atoms with E-state index in [1.807, 2.05) is 0 Å². The molecule has 0 aromatic carbocycles. The molecule has 3 heteroatoms. The third-order valence-corrected chi connectivity index (χ3v) is 3.30. The van der Waals surface area contributed by atoms with Crippen molar-refractivity contribution >= 4 is 0 Å². The topological polar surface area (TPSA) is 32.5 Å². The summed E-state index contributed by atoms with van der Waals surface area (Å²) in [6.45, 7) is 9.02. The highest BCUT2D eigenvalue weighted by Crippen LogP contribution is 2.15. The lowest BCUT2D eigenvalue weighted by atomic mass is 10.0. The van der Waals surface area contributed by atoms with Gasteiger partial charge in [-0.2, -0.15) is 0 Å². The van der Waals surface area contributed by atoms with Gasteiger partial charge in [0.05, 0.1) is 0 Å². The number of hydrogen-bond acceptors (Lipinski definition) is 3. The number of piperazine rings is 1. The highest BCUT2D eigenvalue weighted by Gasteiger charge is 2.27. The van der Waals surface area contributed by atoms with Crippen LogP contribution in [0.5, 0.6) is 0 Å². The Morgan fingerprint density at radius 2 is 2.07 bits per heavy atom. The summed E-state index contributed by atoms with van der Waals surface area (Å²) in [5.74, 6) is 0. The maximum absolute atomic E-state index is 5.64. The smallest absolute Gasteiger partial charge is 0.0235 e. The third kappa shape index (κ3) is 2.94. The van der Waals surface area contributed by atoms with E-state index in [1.165, 1.54) is 26.1 Å². The molecule has 2 unspecified atom stereocenters. The molecule has 0 amide bonds. The third-order valence-electron chi connectivity index (χ3n) is 3.30. The fraction of sp³-hybridized carbons (Fsp3) is 1.00. The summed E-state index contributed by atoms with van der Waals surface area (Å²) in [4.78, 5) is 5.06. The minimum Gasteiger partial charge on any atom is -0.330 e. The average molecular weight is 199 g/mol. The largest absolute Gasteiger partial charge is 0.330 e. The fourth-order valence-electron chi connectivity index (χ4n) is 2.35. The predicted octanol–water partition coefficient (Wildman–Crippen LogP) is 0.750. The second-order valence-electron chi connectivity index (χ2n) is 4.51. The summed E-state index contributed by atoms with van der Waals surface area (Å²) in [6, 6.07) is 1.34. The van der Waals surface area contributed by atoms with Gasteiger partial charge in [-0.25, -0.2) is 0 Å². The summed E-state index contributed by atoms with van der Waals surface area (Å²) < 4.78 is 0. The predicted molar refractivity (Wildman–Crippen MR) is 61.4 cm³/mol. The maximum atomic E-state index is 5.64. The van der Waals surface area contributed by atoms with Gasteiger partial charge in [-0.05, 0) is 39.9 Å². The molecular weight excluding hydrogens is 174 g/mol. The second kappa shape index (κ2) is 5.69. The average Bonchev–Trinajstić information content (AvgIpc) is 2.14. The SMILES string of the molecule is CCCN1CC(C)N(C)C(CCN)C1. The van der Waals surface area contributed by atoms with Gasteiger partial charge >= 0.3 is 0 Å². The highest BCUT2D eigenvalue weighted by atomic mass is 15.3. The molecule has 0 radical (unpaired) electrons. The van der Waals surface area contributed by atoms with Gasteiger partial charge in [0.2, 0.25) is 0 Å². The lowest BCUT2D eigenvalue weighted by Gasteiger charge is -2.43. The van der Waals surface area contributed by atoms with Crippen LogP contribution in [0.1, 0.15) is 26.7 Å². The summed E-state index contributed by atoms with van der Waals surface area (Å²) in [7, 11) is 2.23.